The van der Waals surface area contributed by atoms with Crippen molar-refractivity contribution < 1.29 is 9.32 Å². The topological polar surface area (TPSA) is 58.4 Å². The zero-order valence-electron chi connectivity index (χ0n) is 16.8. The van der Waals surface area contributed by atoms with Crippen LogP contribution in [-0.4, -0.2) is 35.6 Å². The van der Waals surface area contributed by atoms with Crippen LogP contribution in [0.25, 0.3) is 11.3 Å². The van der Waals surface area contributed by atoms with E-state index >= 15 is 0 Å². The Morgan fingerprint density at radius 2 is 1.76 bits per heavy atom. The SMILES string of the molecule is CC1CCN(C(CNC(=O)c2cc(-c3ccccc3)on2)c2ccccc2)CC1. The highest BCUT2D eigenvalue weighted by atomic mass is 16.5. The maximum atomic E-state index is 12.7. The number of nitrogens with zero attached hydrogens (tertiary/aromatic N) is 2. The van der Waals surface area contributed by atoms with Gasteiger partial charge in [0.1, 0.15) is 0 Å². The van der Waals surface area contributed by atoms with Gasteiger partial charge in [0.25, 0.3) is 5.91 Å². The van der Waals surface area contributed by atoms with E-state index in [1.807, 2.05) is 36.4 Å². The van der Waals surface area contributed by atoms with Gasteiger partial charge in [0, 0.05) is 18.2 Å². The molecule has 1 atom stereocenters. The van der Waals surface area contributed by atoms with Crippen molar-refractivity contribution in [1.82, 2.24) is 15.4 Å². The standard InChI is InChI=1S/C24H27N3O2/c1-18-12-14-27(15-13-18)22(19-8-4-2-5-9-19)17-25-24(28)21-16-23(29-26-21)20-10-6-3-7-11-20/h2-11,16,18,22H,12-15,17H2,1H3,(H,25,28). The van der Waals surface area contributed by atoms with Gasteiger partial charge < -0.3 is 9.84 Å². The highest BCUT2D eigenvalue weighted by molar-refractivity contribution is 5.93. The van der Waals surface area contributed by atoms with Crippen molar-refractivity contribution in [2.75, 3.05) is 19.6 Å². The van der Waals surface area contributed by atoms with Gasteiger partial charge >= 0.3 is 0 Å². The number of hydrogen-bond donors (Lipinski definition) is 1. The van der Waals surface area contributed by atoms with E-state index in [1.165, 1.54) is 18.4 Å². The van der Waals surface area contributed by atoms with Crippen molar-refractivity contribution in [3.8, 4) is 11.3 Å². The normalized spacial score (nSPS) is 16.4. The van der Waals surface area contributed by atoms with Crippen LogP contribution in [0.15, 0.2) is 71.3 Å². The van der Waals surface area contributed by atoms with Crippen LogP contribution >= 0.6 is 0 Å². The Labute approximate surface area is 171 Å². The van der Waals surface area contributed by atoms with Crippen LogP contribution in [0.1, 0.15) is 41.9 Å². The predicted octanol–water partition coefficient (Wildman–Crippen LogP) is 4.54. The molecule has 5 heteroatoms. The first-order valence-electron chi connectivity index (χ1n) is 10.3. The first-order valence-corrected chi connectivity index (χ1v) is 10.3. The van der Waals surface area contributed by atoms with Gasteiger partial charge in [-0.3, -0.25) is 9.69 Å². The molecule has 1 saturated heterocycles. The number of piperidine rings is 1. The molecule has 150 valence electrons. The lowest BCUT2D eigenvalue weighted by molar-refractivity contribution is 0.0904. The summed E-state index contributed by atoms with van der Waals surface area (Å²) < 4.78 is 5.37. The van der Waals surface area contributed by atoms with E-state index in [-0.39, 0.29) is 11.9 Å². The molecule has 0 spiro atoms. The molecule has 1 aliphatic rings. The molecule has 2 aromatic carbocycles. The number of amides is 1. The average molecular weight is 389 g/mol. The number of aromatic nitrogens is 1. The fourth-order valence-corrected chi connectivity index (χ4v) is 3.87. The zero-order valence-corrected chi connectivity index (χ0v) is 16.8. The molecule has 5 nitrogen and oxygen atoms in total. The van der Waals surface area contributed by atoms with E-state index in [2.05, 4.69) is 46.6 Å². The first-order chi connectivity index (χ1) is 14.2. The maximum absolute atomic E-state index is 12.7. The summed E-state index contributed by atoms with van der Waals surface area (Å²) in [6.07, 6.45) is 2.39. The lowest BCUT2D eigenvalue weighted by atomic mass is 9.95. The van der Waals surface area contributed by atoms with E-state index in [4.69, 9.17) is 4.52 Å². The van der Waals surface area contributed by atoms with E-state index < -0.39 is 0 Å². The number of carbonyl (C=O) groups is 1. The maximum Gasteiger partial charge on any atom is 0.273 e. The molecule has 1 fully saturated rings. The van der Waals surface area contributed by atoms with E-state index in [9.17, 15) is 4.79 Å². The van der Waals surface area contributed by atoms with Gasteiger partial charge in [-0.15, -0.1) is 0 Å². The van der Waals surface area contributed by atoms with Crippen molar-refractivity contribution in [2.24, 2.45) is 5.92 Å². The molecule has 0 saturated carbocycles. The highest BCUT2D eigenvalue weighted by Gasteiger charge is 2.25. The zero-order chi connectivity index (χ0) is 20.1. The Morgan fingerprint density at radius 1 is 1.10 bits per heavy atom. The fourth-order valence-electron chi connectivity index (χ4n) is 3.87. The molecular formula is C24H27N3O2. The highest BCUT2D eigenvalue weighted by Crippen LogP contribution is 2.26. The minimum absolute atomic E-state index is 0.160. The van der Waals surface area contributed by atoms with Crippen LogP contribution in [0.3, 0.4) is 0 Å². The van der Waals surface area contributed by atoms with Crippen LogP contribution in [0, 0.1) is 5.92 Å². The first kappa shape index (κ1) is 19.4. The van der Waals surface area contributed by atoms with Crippen molar-refractivity contribution in [1.29, 1.82) is 0 Å². The summed E-state index contributed by atoms with van der Waals surface area (Å²) in [6, 6.07) is 22.0. The Morgan fingerprint density at radius 3 is 2.45 bits per heavy atom. The third-order valence-corrected chi connectivity index (χ3v) is 5.70. The summed E-state index contributed by atoms with van der Waals surface area (Å²) in [5, 5.41) is 7.03. The van der Waals surface area contributed by atoms with Gasteiger partial charge in [-0.1, -0.05) is 72.7 Å². The number of benzene rings is 2. The number of rotatable bonds is 6. The van der Waals surface area contributed by atoms with Crippen LogP contribution in [0.5, 0.6) is 0 Å². The fraction of sp³-hybridized carbons (Fsp3) is 0.333. The third-order valence-electron chi connectivity index (χ3n) is 5.70. The van der Waals surface area contributed by atoms with Gasteiger partial charge in [-0.25, -0.2) is 0 Å². The quantitative estimate of drug-likeness (QED) is 0.672. The van der Waals surface area contributed by atoms with Gasteiger partial charge in [0.15, 0.2) is 11.5 Å². The molecule has 0 radical (unpaired) electrons. The molecule has 1 aliphatic heterocycles. The third kappa shape index (κ3) is 4.74. The van der Waals surface area contributed by atoms with Gasteiger partial charge in [-0.05, 0) is 37.4 Å². The Balaban J connectivity index is 1.44. The summed E-state index contributed by atoms with van der Waals surface area (Å²) in [5.41, 5.74) is 2.44. The minimum atomic E-state index is -0.206. The van der Waals surface area contributed by atoms with E-state index in [0.29, 0.717) is 18.0 Å². The number of likely N-dealkylation sites (tertiary alicyclic amines) is 1. The average Bonchev–Trinajstić information content (AvgIpc) is 3.27. The molecule has 29 heavy (non-hydrogen) atoms. The number of carbonyl (C=O) groups excluding carboxylic acids is 1. The molecule has 3 aromatic rings. The molecule has 0 bridgehead atoms. The van der Waals surface area contributed by atoms with E-state index in [0.717, 1.165) is 24.6 Å². The second-order valence-electron chi connectivity index (χ2n) is 7.80. The Kier molecular flexibility index (Phi) is 6.06. The largest absolute Gasteiger partial charge is 0.355 e. The van der Waals surface area contributed by atoms with Crippen molar-refractivity contribution in [3.05, 3.63) is 78.0 Å². The summed E-state index contributed by atoms with van der Waals surface area (Å²) >= 11 is 0. The monoisotopic (exact) mass is 389 g/mol. The lowest BCUT2D eigenvalue weighted by Gasteiger charge is -2.37. The summed E-state index contributed by atoms with van der Waals surface area (Å²) in [5.74, 6) is 1.16. The van der Waals surface area contributed by atoms with E-state index in [1.54, 1.807) is 6.07 Å². The summed E-state index contributed by atoms with van der Waals surface area (Å²) in [7, 11) is 0. The molecule has 0 aliphatic carbocycles. The predicted molar refractivity (Wildman–Crippen MR) is 113 cm³/mol. The van der Waals surface area contributed by atoms with Crippen molar-refractivity contribution >= 4 is 5.91 Å². The minimum Gasteiger partial charge on any atom is -0.355 e. The number of hydrogen-bond acceptors (Lipinski definition) is 4. The van der Waals surface area contributed by atoms with Crippen molar-refractivity contribution in [3.63, 3.8) is 0 Å². The van der Waals surface area contributed by atoms with Gasteiger partial charge in [0.2, 0.25) is 0 Å². The van der Waals surface area contributed by atoms with Gasteiger partial charge in [-0.2, -0.15) is 0 Å². The van der Waals surface area contributed by atoms with Crippen LogP contribution < -0.4 is 5.32 Å². The van der Waals surface area contributed by atoms with Gasteiger partial charge in [0.05, 0.1) is 6.04 Å². The molecule has 4 rings (SSSR count). The molecular weight excluding hydrogens is 362 g/mol. The molecule has 1 aromatic heterocycles. The second kappa shape index (κ2) is 9.05. The molecule has 1 N–H and O–H groups in total. The number of nitrogens with one attached hydrogen (secondary N) is 1. The molecule has 1 unspecified atom stereocenters. The smallest absolute Gasteiger partial charge is 0.273 e. The second-order valence-corrected chi connectivity index (χ2v) is 7.80. The summed E-state index contributed by atoms with van der Waals surface area (Å²) in [6.45, 7) is 4.97. The Hall–Kier alpha value is -2.92. The Bertz CT molecular complexity index is 916. The van der Waals surface area contributed by atoms with Crippen LogP contribution in [0.2, 0.25) is 0 Å². The lowest BCUT2D eigenvalue weighted by Crippen LogP contribution is -2.42. The summed E-state index contributed by atoms with van der Waals surface area (Å²) in [4.78, 5) is 15.2. The molecule has 1 amide bonds. The van der Waals surface area contributed by atoms with Crippen LogP contribution in [-0.2, 0) is 0 Å². The van der Waals surface area contributed by atoms with Crippen LogP contribution in [0.4, 0.5) is 0 Å². The molecule has 2 heterocycles. The van der Waals surface area contributed by atoms with Crippen molar-refractivity contribution in [2.45, 2.75) is 25.8 Å².